The van der Waals surface area contributed by atoms with Crippen molar-refractivity contribution in [2.75, 3.05) is 0 Å². The largest absolute Gasteiger partial charge is 0.453 e. The number of halogens is 2. The van der Waals surface area contributed by atoms with Gasteiger partial charge in [-0.3, -0.25) is 4.18 Å². The van der Waals surface area contributed by atoms with Gasteiger partial charge < -0.3 is 4.74 Å². The molecule has 0 spiro atoms. The highest BCUT2D eigenvalue weighted by Crippen LogP contribution is 2.60. The molecule has 1 heterocycles. The number of hydrogen-bond acceptors (Lipinski definition) is 5. The maximum atomic E-state index is 13.0. The first kappa shape index (κ1) is 13.2. The van der Waals surface area contributed by atoms with Crippen LogP contribution in [0.5, 0.6) is 0 Å². The summed E-state index contributed by atoms with van der Waals surface area (Å²) in [5.74, 6) is -5.80. The van der Waals surface area contributed by atoms with Crippen LogP contribution in [0.3, 0.4) is 0 Å². The van der Waals surface area contributed by atoms with Crippen molar-refractivity contribution in [1.82, 2.24) is 0 Å². The van der Waals surface area contributed by atoms with Gasteiger partial charge in [-0.2, -0.15) is 17.2 Å². The van der Waals surface area contributed by atoms with E-state index in [1.165, 1.54) is 6.92 Å². The summed E-state index contributed by atoms with van der Waals surface area (Å²) in [6.45, 7) is 1.86. The third kappa shape index (κ3) is 1.65. The zero-order valence-electron chi connectivity index (χ0n) is 10.4. The van der Waals surface area contributed by atoms with E-state index in [1.807, 2.05) is 0 Å². The standard InChI is InChI=1S/C11H14F2O5S/c1-10(17-9(14)11(2,12)13)5-3-6-7(4-5)18-19(15,16)8(6)10/h5-8H,3-4H2,1-2H3. The van der Waals surface area contributed by atoms with E-state index in [0.29, 0.717) is 19.8 Å². The maximum Gasteiger partial charge on any atom is 0.377 e. The molecule has 2 aliphatic carbocycles. The molecule has 0 aromatic heterocycles. The first-order valence-electron chi connectivity index (χ1n) is 6.09. The number of carbonyl (C=O) groups is 1. The molecule has 0 aromatic rings. The van der Waals surface area contributed by atoms with Gasteiger partial charge in [-0.15, -0.1) is 0 Å². The van der Waals surface area contributed by atoms with Gasteiger partial charge >= 0.3 is 11.9 Å². The summed E-state index contributed by atoms with van der Waals surface area (Å²) in [7, 11) is -3.85. The SMILES string of the molecule is CC(F)(F)C(=O)OC1(C)C2CC3OS(=O)(=O)C1C3C2. The number of carbonyl (C=O) groups excluding carboxylic acids is 1. The maximum absolute atomic E-state index is 13.0. The minimum Gasteiger partial charge on any atom is -0.453 e. The summed E-state index contributed by atoms with van der Waals surface area (Å²) >= 11 is 0. The lowest BCUT2D eigenvalue weighted by molar-refractivity contribution is -0.188. The van der Waals surface area contributed by atoms with Gasteiger partial charge in [-0.05, 0) is 19.8 Å². The molecule has 5 unspecified atom stereocenters. The highest BCUT2D eigenvalue weighted by molar-refractivity contribution is 7.87. The number of ether oxygens (including phenoxy) is 1. The van der Waals surface area contributed by atoms with Crippen molar-refractivity contribution in [3.8, 4) is 0 Å². The Bertz CT molecular complexity index is 538. The van der Waals surface area contributed by atoms with Gasteiger partial charge in [0.15, 0.2) is 0 Å². The van der Waals surface area contributed by atoms with Crippen LogP contribution in [0.2, 0.25) is 0 Å². The van der Waals surface area contributed by atoms with Crippen LogP contribution in [0.15, 0.2) is 0 Å². The van der Waals surface area contributed by atoms with Gasteiger partial charge in [0, 0.05) is 18.8 Å². The highest BCUT2D eigenvalue weighted by atomic mass is 32.2. The first-order valence-corrected chi connectivity index (χ1v) is 7.56. The molecule has 3 aliphatic rings. The zero-order chi connectivity index (χ0) is 14.2. The summed E-state index contributed by atoms with van der Waals surface area (Å²) in [4.78, 5) is 11.4. The fourth-order valence-electron chi connectivity index (χ4n) is 3.75. The van der Waals surface area contributed by atoms with Gasteiger partial charge in [-0.25, -0.2) is 4.79 Å². The van der Waals surface area contributed by atoms with E-state index in [9.17, 15) is 22.0 Å². The molecule has 1 aliphatic heterocycles. The molecule has 0 radical (unpaired) electrons. The van der Waals surface area contributed by atoms with Gasteiger partial charge in [0.2, 0.25) is 0 Å². The molecule has 1 saturated heterocycles. The van der Waals surface area contributed by atoms with Gasteiger partial charge in [0.05, 0.1) is 6.10 Å². The molecule has 8 heteroatoms. The molecular weight excluding hydrogens is 282 g/mol. The molecule has 5 nitrogen and oxygen atoms in total. The summed E-state index contributed by atoms with van der Waals surface area (Å²) in [5.41, 5.74) is -1.41. The highest BCUT2D eigenvalue weighted by Gasteiger charge is 2.72. The molecule has 3 fully saturated rings. The van der Waals surface area contributed by atoms with E-state index < -0.39 is 32.9 Å². The average molecular weight is 296 g/mol. The van der Waals surface area contributed by atoms with Crippen LogP contribution in [0, 0.1) is 11.8 Å². The van der Waals surface area contributed by atoms with E-state index in [-0.39, 0.29) is 17.9 Å². The summed E-state index contributed by atoms with van der Waals surface area (Å²) in [5, 5.41) is -1.02. The van der Waals surface area contributed by atoms with Crippen molar-refractivity contribution in [3.63, 3.8) is 0 Å². The fourth-order valence-corrected chi connectivity index (χ4v) is 5.96. The number of hydrogen-bond donors (Lipinski definition) is 0. The average Bonchev–Trinajstić information content (AvgIpc) is 2.75. The van der Waals surface area contributed by atoms with E-state index in [4.69, 9.17) is 8.92 Å². The summed E-state index contributed by atoms with van der Waals surface area (Å²) < 4.78 is 59.7. The van der Waals surface area contributed by atoms with Crippen LogP contribution >= 0.6 is 0 Å². The fraction of sp³-hybridized carbons (Fsp3) is 0.909. The predicted octanol–water partition coefficient (Wildman–Crippen LogP) is 1.08. The Morgan fingerprint density at radius 1 is 1.42 bits per heavy atom. The van der Waals surface area contributed by atoms with Gasteiger partial charge in [0.25, 0.3) is 10.1 Å². The molecule has 2 saturated carbocycles. The molecule has 108 valence electrons. The molecule has 3 rings (SSSR count). The van der Waals surface area contributed by atoms with E-state index in [2.05, 4.69) is 0 Å². The number of rotatable bonds is 2. The third-order valence-electron chi connectivity index (χ3n) is 4.56. The molecule has 0 aromatic carbocycles. The second kappa shape index (κ2) is 3.46. The number of esters is 1. The quantitative estimate of drug-likeness (QED) is 0.563. The van der Waals surface area contributed by atoms with E-state index in [0.717, 1.165) is 0 Å². The van der Waals surface area contributed by atoms with Crippen molar-refractivity contribution in [2.45, 2.75) is 49.6 Å². The molecule has 5 atom stereocenters. The third-order valence-corrected chi connectivity index (χ3v) is 6.51. The topological polar surface area (TPSA) is 69.7 Å². The molecule has 2 bridgehead atoms. The van der Waals surface area contributed by atoms with E-state index in [1.54, 1.807) is 0 Å². The lowest BCUT2D eigenvalue weighted by Crippen LogP contribution is -2.52. The van der Waals surface area contributed by atoms with Crippen molar-refractivity contribution in [2.24, 2.45) is 11.8 Å². The summed E-state index contributed by atoms with van der Waals surface area (Å²) in [6, 6.07) is 0. The van der Waals surface area contributed by atoms with Crippen molar-refractivity contribution < 1.29 is 30.9 Å². The Balaban J connectivity index is 1.95. The van der Waals surface area contributed by atoms with Crippen LogP contribution in [0.25, 0.3) is 0 Å². The van der Waals surface area contributed by atoms with Crippen molar-refractivity contribution in [1.29, 1.82) is 0 Å². The monoisotopic (exact) mass is 296 g/mol. The van der Waals surface area contributed by atoms with Crippen LogP contribution < -0.4 is 0 Å². The Kier molecular flexibility index (Phi) is 2.41. The van der Waals surface area contributed by atoms with Gasteiger partial charge in [0.1, 0.15) is 10.9 Å². The predicted molar refractivity (Wildman–Crippen MR) is 58.9 cm³/mol. The second-order valence-corrected chi connectivity index (χ2v) is 7.53. The molecule has 19 heavy (non-hydrogen) atoms. The first-order chi connectivity index (χ1) is 8.56. The molecular formula is C11H14F2O5S. The smallest absolute Gasteiger partial charge is 0.377 e. The Morgan fingerprint density at radius 3 is 2.63 bits per heavy atom. The van der Waals surface area contributed by atoms with Crippen LogP contribution in [0.4, 0.5) is 8.78 Å². The molecule has 0 N–H and O–H groups in total. The Hall–Kier alpha value is -0.760. The van der Waals surface area contributed by atoms with Crippen LogP contribution in [-0.4, -0.2) is 37.3 Å². The minimum absolute atomic E-state index is 0.240. The summed E-state index contributed by atoms with van der Waals surface area (Å²) in [6.07, 6.45) is 0.585. The molecule has 0 amide bonds. The van der Waals surface area contributed by atoms with E-state index >= 15 is 0 Å². The van der Waals surface area contributed by atoms with Crippen molar-refractivity contribution >= 4 is 16.1 Å². The minimum atomic E-state index is -3.85. The second-order valence-electron chi connectivity index (χ2n) is 5.84. The normalized spacial score (nSPS) is 46.5. The Morgan fingerprint density at radius 2 is 2.05 bits per heavy atom. The lowest BCUT2D eigenvalue weighted by Gasteiger charge is -2.36. The van der Waals surface area contributed by atoms with Crippen molar-refractivity contribution in [3.05, 3.63) is 0 Å². The lowest BCUT2D eigenvalue weighted by atomic mass is 9.84. The van der Waals surface area contributed by atoms with Crippen LogP contribution in [-0.2, 0) is 23.8 Å². The van der Waals surface area contributed by atoms with Crippen LogP contribution in [0.1, 0.15) is 26.7 Å². The zero-order valence-corrected chi connectivity index (χ0v) is 11.2. The van der Waals surface area contributed by atoms with Gasteiger partial charge in [-0.1, -0.05) is 0 Å². The number of alkyl halides is 2. The number of fused-ring (bicyclic) bond motifs is 1. The Labute approximate surface area is 109 Å².